The van der Waals surface area contributed by atoms with Gasteiger partial charge in [-0.2, -0.15) is 0 Å². The number of hydrogen-bond donors (Lipinski definition) is 0. The quantitative estimate of drug-likeness (QED) is 0.174. The Kier molecular flexibility index (Phi) is 12.7. The lowest BCUT2D eigenvalue weighted by Crippen LogP contribution is -2.53. The average Bonchev–Trinajstić information content (AvgIpc) is 3.05. The minimum atomic E-state index is 0.357. The van der Waals surface area contributed by atoms with Crippen LogP contribution in [0.3, 0.4) is 0 Å². The zero-order chi connectivity index (χ0) is 28.4. The minimum Gasteiger partial charge on any atom is -0.303 e. The van der Waals surface area contributed by atoms with Gasteiger partial charge < -0.3 is 9.59 Å². The Morgan fingerprint density at radius 2 is 0.829 bits per heavy atom. The molecule has 5 fully saturated rings. The van der Waals surface area contributed by atoms with Crippen LogP contribution in [0.25, 0.3) is 0 Å². The Morgan fingerprint density at radius 1 is 0.463 bits per heavy atom. The van der Waals surface area contributed by atoms with E-state index in [4.69, 9.17) is 0 Å². The molecule has 0 heterocycles. The highest BCUT2D eigenvalue weighted by Crippen LogP contribution is 2.46. The maximum atomic E-state index is 11.3. The van der Waals surface area contributed by atoms with Gasteiger partial charge in [0.05, 0.1) is 0 Å². The van der Waals surface area contributed by atoms with E-state index in [-0.39, 0.29) is 0 Å². The highest BCUT2D eigenvalue weighted by Gasteiger charge is 2.40. The Morgan fingerprint density at radius 3 is 1.20 bits per heavy atom. The van der Waals surface area contributed by atoms with Gasteiger partial charge in [-0.25, -0.2) is 0 Å². The first-order valence-electron chi connectivity index (χ1n) is 18.9. The SMILES string of the molecule is CCCCCCC1CCC(N(C2CCC(C3CCC(C=O)CC3)CC2)C2CCC(C3CCC(C=O)CC3)CC2)CC1. The van der Waals surface area contributed by atoms with Gasteiger partial charge in [0.1, 0.15) is 12.6 Å². The van der Waals surface area contributed by atoms with Crippen molar-refractivity contribution in [1.82, 2.24) is 4.90 Å². The summed E-state index contributed by atoms with van der Waals surface area (Å²) in [6, 6.07) is 2.50. The largest absolute Gasteiger partial charge is 0.303 e. The molecule has 5 rings (SSSR count). The molecule has 0 N–H and O–H groups in total. The predicted octanol–water partition coefficient (Wildman–Crippen LogP) is 9.95. The van der Waals surface area contributed by atoms with Crippen molar-refractivity contribution in [1.29, 1.82) is 0 Å². The average molecular weight is 568 g/mol. The molecule has 0 aliphatic heterocycles. The number of nitrogens with zero attached hydrogens (tertiary/aromatic N) is 1. The topological polar surface area (TPSA) is 37.4 Å². The van der Waals surface area contributed by atoms with E-state index in [1.54, 1.807) is 0 Å². The van der Waals surface area contributed by atoms with E-state index in [0.29, 0.717) is 11.8 Å². The number of aldehydes is 2. The van der Waals surface area contributed by atoms with Gasteiger partial charge in [0.2, 0.25) is 0 Å². The monoisotopic (exact) mass is 568 g/mol. The van der Waals surface area contributed by atoms with Crippen LogP contribution >= 0.6 is 0 Å². The molecule has 0 radical (unpaired) electrons. The van der Waals surface area contributed by atoms with Crippen molar-refractivity contribution in [3.8, 4) is 0 Å². The first-order valence-corrected chi connectivity index (χ1v) is 18.9. The van der Waals surface area contributed by atoms with Gasteiger partial charge in [0, 0.05) is 30.0 Å². The molecule has 5 saturated carbocycles. The normalized spacial score (nSPS) is 40.7. The van der Waals surface area contributed by atoms with Crippen molar-refractivity contribution in [2.75, 3.05) is 0 Å². The van der Waals surface area contributed by atoms with Crippen molar-refractivity contribution >= 4 is 12.6 Å². The summed E-state index contributed by atoms with van der Waals surface area (Å²) in [5, 5.41) is 0. The Bertz CT molecular complexity index is 694. The molecule has 0 amide bonds. The zero-order valence-electron chi connectivity index (χ0n) is 26.9. The Balaban J connectivity index is 1.15. The maximum Gasteiger partial charge on any atom is 0.123 e. The third-order valence-corrected chi connectivity index (χ3v) is 13.4. The molecular weight excluding hydrogens is 502 g/mol. The van der Waals surface area contributed by atoms with E-state index in [1.807, 2.05) is 0 Å². The van der Waals surface area contributed by atoms with Crippen molar-refractivity contribution in [3.63, 3.8) is 0 Å². The highest BCUT2D eigenvalue weighted by molar-refractivity contribution is 5.53. The molecule has 0 spiro atoms. The summed E-state index contributed by atoms with van der Waals surface area (Å²) in [6.07, 6.45) is 36.9. The van der Waals surface area contributed by atoms with E-state index in [0.717, 1.165) is 73.4 Å². The predicted molar refractivity (Wildman–Crippen MR) is 171 cm³/mol. The van der Waals surface area contributed by atoms with Crippen LogP contribution in [0.1, 0.15) is 167 Å². The molecule has 41 heavy (non-hydrogen) atoms. The second-order valence-corrected chi connectivity index (χ2v) is 15.7. The molecule has 234 valence electrons. The molecule has 0 unspecified atom stereocenters. The number of carbonyl (C=O) groups is 2. The van der Waals surface area contributed by atoms with Crippen molar-refractivity contribution in [2.24, 2.45) is 41.4 Å². The third kappa shape index (κ3) is 8.69. The van der Waals surface area contributed by atoms with Gasteiger partial charge in [-0.05, 0) is 158 Å². The molecule has 0 atom stereocenters. The van der Waals surface area contributed by atoms with Crippen molar-refractivity contribution < 1.29 is 9.59 Å². The summed E-state index contributed by atoms with van der Waals surface area (Å²) in [4.78, 5) is 25.7. The third-order valence-electron chi connectivity index (χ3n) is 13.4. The fourth-order valence-corrected chi connectivity index (χ4v) is 10.7. The minimum absolute atomic E-state index is 0.357. The summed E-state index contributed by atoms with van der Waals surface area (Å²) >= 11 is 0. The van der Waals surface area contributed by atoms with E-state index < -0.39 is 0 Å². The van der Waals surface area contributed by atoms with Gasteiger partial charge in [-0.15, -0.1) is 0 Å². The van der Waals surface area contributed by atoms with E-state index >= 15 is 0 Å². The van der Waals surface area contributed by atoms with E-state index in [1.165, 1.54) is 147 Å². The highest BCUT2D eigenvalue weighted by atomic mass is 16.1. The van der Waals surface area contributed by atoms with Gasteiger partial charge in [0.15, 0.2) is 0 Å². The second kappa shape index (κ2) is 16.4. The van der Waals surface area contributed by atoms with Crippen LogP contribution in [-0.2, 0) is 9.59 Å². The summed E-state index contributed by atoms with van der Waals surface area (Å²) in [5.41, 5.74) is 0. The van der Waals surface area contributed by atoms with E-state index in [9.17, 15) is 9.59 Å². The van der Waals surface area contributed by atoms with Gasteiger partial charge in [0.25, 0.3) is 0 Å². The molecule has 0 saturated heterocycles. The molecular formula is C38H65NO2. The number of rotatable bonds is 12. The van der Waals surface area contributed by atoms with Crippen LogP contribution in [-0.4, -0.2) is 35.6 Å². The van der Waals surface area contributed by atoms with Gasteiger partial charge in [-0.1, -0.05) is 39.0 Å². The first kappa shape index (κ1) is 31.7. The van der Waals surface area contributed by atoms with Crippen molar-refractivity contribution in [3.05, 3.63) is 0 Å². The molecule has 5 aliphatic rings. The van der Waals surface area contributed by atoms with Crippen LogP contribution in [0.4, 0.5) is 0 Å². The number of hydrogen-bond acceptors (Lipinski definition) is 3. The van der Waals surface area contributed by atoms with Crippen LogP contribution < -0.4 is 0 Å². The van der Waals surface area contributed by atoms with Crippen molar-refractivity contribution in [2.45, 2.75) is 186 Å². The van der Waals surface area contributed by atoms with Crippen LogP contribution in [0.5, 0.6) is 0 Å². The molecule has 0 aromatic carbocycles. The summed E-state index contributed by atoms with van der Waals surface area (Å²) in [6.45, 7) is 2.33. The fourth-order valence-electron chi connectivity index (χ4n) is 10.7. The Labute approximate surface area is 253 Å². The van der Waals surface area contributed by atoms with Crippen LogP contribution in [0.2, 0.25) is 0 Å². The van der Waals surface area contributed by atoms with Gasteiger partial charge in [-0.3, -0.25) is 4.90 Å². The summed E-state index contributed by atoms with van der Waals surface area (Å²) in [5.74, 6) is 5.36. The molecule has 3 nitrogen and oxygen atoms in total. The molecule has 0 aromatic rings. The summed E-state index contributed by atoms with van der Waals surface area (Å²) in [7, 11) is 0. The number of carbonyl (C=O) groups excluding carboxylic acids is 2. The molecule has 5 aliphatic carbocycles. The molecule has 0 bridgehead atoms. The molecule has 0 aromatic heterocycles. The van der Waals surface area contributed by atoms with E-state index in [2.05, 4.69) is 11.8 Å². The molecule has 3 heteroatoms. The lowest BCUT2D eigenvalue weighted by atomic mass is 9.68. The summed E-state index contributed by atoms with van der Waals surface area (Å²) < 4.78 is 0. The lowest BCUT2D eigenvalue weighted by molar-refractivity contribution is -0.113. The van der Waals surface area contributed by atoms with Gasteiger partial charge >= 0.3 is 0 Å². The first-order chi connectivity index (χ1) is 20.2. The maximum absolute atomic E-state index is 11.3. The van der Waals surface area contributed by atoms with Crippen LogP contribution in [0, 0.1) is 41.4 Å². The standard InChI is InChI=1S/C38H65NO2/c1-2-3-4-5-6-29-11-21-36(22-12-29)39(37-23-17-34(18-24-37)32-13-7-30(27-40)8-14-32)38-25-19-35(20-26-38)33-15-9-31(28-41)10-16-33/h27-38H,2-26H2,1H3. The Hall–Kier alpha value is -0.700. The van der Waals surface area contributed by atoms with Crippen LogP contribution in [0.15, 0.2) is 0 Å². The smallest absolute Gasteiger partial charge is 0.123 e. The number of unbranched alkanes of at least 4 members (excludes halogenated alkanes) is 3. The zero-order valence-corrected chi connectivity index (χ0v) is 26.9. The fraction of sp³-hybridized carbons (Fsp3) is 0.947. The second-order valence-electron chi connectivity index (χ2n) is 15.7. The lowest BCUT2D eigenvalue weighted by Gasteiger charge is -2.51.